The molecule has 0 fully saturated rings. The van der Waals surface area contributed by atoms with Gasteiger partial charge in [0.25, 0.3) is 5.56 Å². The third kappa shape index (κ3) is 1.83. The Balaban J connectivity index is 2.07. The molecule has 0 aliphatic heterocycles. The Hall–Kier alpha value is -2.08. The second kappa shape index (κ2) is 4.06. The van der Waals surface area contributed by atoms with Crippen molar-refractivity contribution in [2.75, 3.05) is 0 Å². The average Bonchev–Trinajstić information content (AvgIpc) is 2.83. The second-order valence-corrected chi connectivity index (χ2v) is 4.39. The van der Waals surface area contributed by atoms with Crippen molar-refractivity contribution in [2.45, 2.75) is 6.54 Å². The SMILES string of the molecule is O=c1c2sccc2ncn1Cc1ncccn1. The summed E-state index contributed by atoms with van der Waals surface area (Å²) in [4.78, 5) is 24.5. The van der Waals surface area contributed by atoms with Gasteiger partial charge in [-0.3, -0.25) is 9.36 Å². The first-order valence-electron chi connectivity index (χ1n) is 5.03. The van der Waals surface area contributed by atoms with Gasteiger partial charge in [-0.1, -0.05) is 0 Å². The molecule has 0 bridgehead atoms. The number of fused-ring (bicyclic) bond motifs is 1. The summed E-state index contributed by atoms with van der Waals surface area (Å²) in [5.74, 6) is 0.604. The molecule has 0 aliphatic rings. The number of hydrogen-bond donors (Lipinski definition) is 0. The van der Waals surface area contributed by atoms with E-state index in [4.69, 9.17) is 0 Å². The second-order valence-electron chi connectivity index (χ2n) is 3.48. The highest BCUT2D eigenvalue weighted by Gasteiger charge is 2.06. The average molecular weight is 244 g/mol. The predicted octanol–water partition coefficient (Wildman–Crippen LogP) is 1.30. The monoisotopic (exact) mass is 244 g/mol. The van der Waals surface area contributed by atoms with E-state index < -0.39 is 0 Å². The highest BCUT2D eigenvalue weighted by molar-refractivity contribution is 7.17. The van der Waals surface area contributed by atoms with Crippen molar-refractivity contribution in [3.8, 4) is 0 Å². The van der Waals surface area contributed by atoms with Crippen molar-refractivity contribution < 1.29 is 0 Å². The van der Waals surface area contributed by atoms with Gasteiger partial charge < -0.3 is 0 Å². The van der Waals surface area contributed by atoms with Crippen LogP contribution < -0.4 is 5.56 Å². The number of thiophene rings is 1. The maximum atomic E-state index is 12.1. The Morgan fingerprint density at radius 3 is 2.88 bits per heavy atom. The van der Waals surface area contributed by atoms with Crippen LogP contribution in [0.2, 0.25) is 0 Å². The Kier molecular flexibility index (Phi) is 2.41. The molecule has 5 nitrogen and oxygen atoms in total. The molecule has 3 aromatic heterocycles. The van der Waals surface area contributed by atoms with Gasteiger partial charge in [0.2, 0.25) is 0 Å². The van der Waals surface area contributed by atoms with Gasteiger partial charge in [0.1, 0.15) is 10.5 Å². The van der Waals surface area contributed by atoms with Gasteiger partial charge in [0, 0.05) is 12.4 Å². The van der Waals surface area contributed by atoms with E-state index in [2.05, 4.69) is 15.0 Å². The van der Waals surface area contributed by atoms with Gasteiger partial charge in [-0.15, -0.1) is 11.3 Å². The van der Waals surface area contributed by atoms with Gasteiger partial charge in [-0.25, -0.2) is 15.0 Å². The van der Waals surface area contributed by atoms with Crippen LogP contribution in [-0.2, 0) is 6.54 Å². The van der Waals surface area contributed by atoms with Crippen molar-refractivity contribution in [2.24, 2.45) is 0 Å². The molecule has 0 N–H and O–H groups in total. The number of rotatable bonds is 2. The van der Waals surface area contributed by atoms with Crippen molar-refractivity contribution in [3.05, 3.63) is 52.4 Å². The van der Waals surface area contributed by atoms with Gasteiger partial charge in [0.05, 0.1) is 18.4 Å². The molecule has 3 heterocycles. The minimum atomic E-state index is -0.0440. The van der Waals surface area contributed by atoms with E-state index >= 15 is 0 Å². The molecule has 0 atom stereocenters. The Labute approximate surface area is 100 Å². The van der Waals surface area contributed by atoms with E-state index in [-0.39, 0.29) is 5.56 Å². The third-order valence-electron chi connectivity index (χ3n) is 2.37. The van der Waals surface area contributed by atoms with Crippen LogP contribution in [0.5, 0.6) is 0 Å². The molecule has 0 spiro atoms. The summed E-state index contributed by atoms with van der Waals surface area (Å²) < 4.78 is 2.19. The van der Waals surface area contributed by atoms with E-state index in [9.17, 15) is 4.79 Å². The van der Waals surface area contributed by atoms with Gasteiger partial charge in [-0.2, -0.15) is 0 Å². The fourth-order valence-electron chi connectivity index (χ4n) is 1.56. The first-order chi connectivity index (χ1) is 8.34. The summed E-state index contributed by atoms with van der Waals surface area (Å²) in [6, 6.07) is 3.58. The van der Waals surface area contributed by atoms with Crippen molar-refractivity contribution in [1.29, 1.82) is 0 Å². The quantitative estimate of drug-likeness (QED) is 0.681. The summed E-state index contributed by atoms with van der Waals surface area (Å²) in [7, 11) is 0. The molecule has 0 saturated carbocycles. The van der Waals surface area contributed by atoms with E-state index in [1.165, 1.54) is 22.2 Å². The number of aromatic nitrogens is 4. The van der Waals surface area contributed by atoms with Crippen LogP contribution in [-0.4, -0.2) is 19.5 Å². The molecular weight excluding hydrogens is 236 g/mol. The van der Waals surface area contributed by atoms with Crippen LogP contribution in [0.4, 0.5) is 0 Å². The Morgan fingerprint density at radius 1 is 1.24 bits per heavy atom. The van der Waals surface area contributed by atoms with Gasteiger partial charge in [-0.05, 0) is 17.5 Å². The zero-order valence-electron chi connectivity index (χ0n) is 8.78. The summed E-state index contributed by atoms with van der Waals surface area (Å²) >= 11 is 1.40. The highest BCUT2D eigenvalue weighted by atomic mass is 32.1. The maximum absolute atomic E-state index is 12.1. The molecule has 84 valence electrons. The number of hydrogen-bond acceptors (Lipinski definition) is 5. The molecule has 3 rings (SSSR count). The fraction of sp³-hybridized carbons (Fsp3) is 0.0909. The van der Waals surface area contributed by atoms with Gasteiger partial charge in [0.15, 0.2) is 0 Å². The summed E-state index contributed by atoms with van der Waals surface area (Å²) in [6.45, 7) is 0.348. The molecule has 0 aliphatic carbocycles. The predicted molar refractivity (Wildman–Crippen MR) is 65.0 cm³/mol. The molecule has 17 heavy (non-hydrogen) atoms. The normalized spacial score (nSPS) is 10.8. The molecular formula is C11H8N4OS. The molecule has 0 aromatic carbocycles. The molecule has 6 heteroatoms. The summed E-state index contributed by atoms with van der Waals surface area (Å²) in [5, 5.41) is 1.86. The van der Waals surface area contributed by atoms with Crippen molar-refractivity contribution in [3.63, 3.8) is 0 Å². The van der Waals surface area contributed by atoms with Crippen molar-refractivity contribution in [1.82, 2.24) is 19.5 Å². The van der Waals surface area contributed by atoms with E-state index in [1.807, 2.05) is 11.4 Å². The zero-order chi connectivity index (χ0) is 11.7. The lowest BCUT2D eigenvalue weighted by atomic mass is 10.4. The van der Waals surface area contributed by atoms with Crippen LogP contribution in [0.15, 0.2) is 41.0 Å². The van der Waals surface area contributed by atoms with Gasteiger partial charge >= 0.3 is 0 Å². The smallest absolute Gasteiger partial charge is 0.271 e. The Bertz CT molecular complexity index is 704. The lowest BCUT2D eigenvalue weighted by Gasteiger charge is -2.03. The molecule has 3 aromatic rings. The van der Waals surface area contributed by atoms with E-state index in [1.54, 1.807) is 18.5 Å². The van der Waals surface area contributed by atoms with E-state index in [0.717, 1.165) is 5.52 Å². The lowest BCUT2D eigenvalue weighted by molar-refractivity contribution is 0.707. The van der Waals surface area contributed by atoms with Crippen LogP contribution in [0, 0.1) is 0 Å². The molecule has 0 radical (unpaired) electrons. The molecule has 0 unspecified atom stereocenters. The third-order valence-corrected chi connectivity index (χ3v) is 3.26. The summed E-state index contributed by atoms with van der Waals surface area (Å²) in [5.41, 5.74) is 0.697. The zero-order valence-corrected chi connectivity index (χ0v) is 9.59. The minimum Gasteiger partial charge on any atom is -0.290 e. The standard InChI is InChI=1S/C11H8N4OS/c16-11-10-8(2-5-17-10)14-7-15(11)6-9-12-3-1-4-13-9/h1-5,7H,6H2. The topological polar surface area (TPSA) is 60.7 Å². The van der Waals surface area contributed by atoms with Crippen LogP contribution in [0.3, 0.4) is 0 Å². The first kappa shape index (κ1) is 10.1. The Morgan fingerprint density at radius 2 is 2.06 bits per heavy atom. The first-order valence-corrected chi connectivity index (χ1v) is 5.91. The van der Waals surface area contributed by atoms with Crippen LogP contribution >= 0.6 is 11.3 Å². The molecule has 0 amide bonds. The largest absolute Gasteiger partial charge is 0.290 e. The highest BCUT2D eigenvalue weighted by Crippen LogP contribution is 2.13. The van der Waals surface area contributed by atoms with E-state index in [0.29, 0.717) is 17.1 Å². The van der Waals surface area contributed by atoms with Crippen LogP contribution in [0.1, 0.15) is 5.82 Å². The maximum Gasteiger partial charge on any atom is 0.271 e. The summed E-state index contributed by atoms with van der Waals surface area (Å²) in [6.07, 6.45) is 4.85. The minimum absolute atomic E-state index is 0.0440. The molecule has 0 saturated heterocycles. The van der Waals surface area contributed by atoms with Crippen LogP contribution in [0.25, 0.3) is 10.2 Å². The lowest BCUT2D eigenvalue weighted by Crippen LogP contribution is -2.21. The fourth-order valence-corrected chi connectivity index (χ4v) is 2.35. The van der Waals surface area contributed by atoms with Crippen molar-refractivity contribution >= 4 is 21.6 Å². The number of nitrogens with zero attached hydrogens (tertiary/aromatic N) is 4.